The minimum Gasteiger partial charge on any atom is -0.350 e. The first-order chi connectivity index (χ1) is 9.88. The number of carbonyl (C=O) groups excluding carboxylic acids is 2. The Morgan fingerprint density at radius 2 is 1.74 bits per heavy atom. The van der Waals surface area contributed by atoms with E-state index in [1.165, 1.54) is 6.07 Å². The average molecular weight is 354 g/mol. The largest absolute Gasteiger partial charge is 0.416 e. The van der Waals surface area contributed by atoms with Crippen LogP contribution in [0, 0.1) is 0 Å². The topological polar surface area (TPSA) is 84.2 Å². The Hall–Kier alpha value is -1.80. The van der Waals surface area contributed by atoms with Gasteiger partial charge in [0.2, 0.25) is 5.91 Å². The molecule has 0 aliphatic rings. The van der Waals surface area contributed by atoms with Crippen molar-refractivity contribution in [1.29, 1.82) is 0 Å². The Morgan fingerprint density at radius 1 is 1.17 bits per heavy atom. The monoisotopic (exact) mass is 353 g/mol. The van der Waals surface area contributed by atoms with Crippen molar-refractivity contribution in [2.24, 2.45) is 5.73 Å². The smallest absolute Gasteiger partial charge is 0.350 e. The molecule has 0 aliphatic carbocycles. The fourth-order valence-corrected chi connectivity index (χ4v) is 1.61. The first-order valence-corrected chi connectivity index (χ1v) is 6.45. The molecular weight excluding hydrogens is 335 g/mol. The van der Waals surface area contributed by atoms with Gasteiger partial charge < -0.3 is 16.4 Å². The SMILES string of the molecule is CC(=O)Nc1cc(C(=O)NCC(C)(C)N)cc(C(F)(F)F)c1.Cl. The molecular formula is C14H19ClF3N3O2. The first kappa shape index (κ1) is 21.2. The van der Waals surface area contributed by atoms with Gasteiger partial charge in [0.1, 0.15) is 0 Å². The number of nitrogens with two attached hydrogens (primary N) is 1. The van der Waals surface area contributed by atoms with E-state index in [9.17, 15) is 22.8 Å². The van der Waals surface area contributed by atoms with Crippen molar-refractivity contribution in [1.82, 2.24) is 5.32 Å². The zero-order chi connectivity index (χ0) is 17.1. The molecule has 9 heteroatoms. The fraction of sp³-hybridized carbons (Fsp3) is 0.429. The maximum atomic E-state index is 12.9. The van der Waals surface area contributed by atoms with Gasteiger partial charge in [0, 0.05) is 30.3 Å². The molecule has 0 bridgehead atoms. The van der Waals surface area contributed by atoms with Crippen LogP contribution in [-0.4, -0.2) is 23.9 Å². The zero-order valence-electron chi connectivity index (χ0n) is 12.9. The number of amides is 2. The summed E-state index contributed by atoms with van der Waals surface area (Å²) in [5, 5.41) is 4.70. The normalized spacial score (nSPS) is 11.4. The lowest BCUT2D eigenvalue weighted by atomic mass is 10.1. The van der Waals surface area contributed by atoms with Gasteiger partial charge in [-0.3, -0.25) is 9.59 Å². The van der Waals surface area contributed by atoms with Crippen molar-refractivity contribution in [3.63, 3.8) is 0 Å². The van der Waals surface area contributed by atoms with Crippen LogP contribution in [-0.2, 0) is 11.0 Å². The second-order valence-corrected chi connectivity index (χ2v) is 5.65. The number of rotatable bonds is 4. The Bertz CT molecular complexity index is 584. The van der Waals surface area contributed by atoms with E-state index in [1.54, 1.807) is 13.8 Å². The first-order valence-electron chi connectivity index (χ1n) is 6.45. The van der Waals surface area contributed by atoms with E-state index in [1.807, 2.05) is 0 Å². The lowest BCUT2D eigenvalue weighted by Gasteiger charge is -2.19. The van der Waals surface area contributed by atoms with Crippen LogP contribution in [0.25, 0.3) is 0 Å². The quantitative estimate of drug-likeness (QED) is 0.777. The number of anilines is 1. The van der Waals surface area contributed by atoms with E-state index in [0.29, 0.717) is 0 Å². The predicted molar refractivity (Wildman–Crippen MR) is 83.6 cm³/mol. The van der Waals surface area contributed by atoms with Crippen molar-refractivity contribution in [2.75, 3.05) is 11.9 Å². The summed E-state index contributed by atoms with van der Waals surface area (Å²) in [4.78, 5) is 23.0. The third-order valence-electron chi connectivity index (χ3n) is 2.55. The van der Waals surface area contributed by atoms with Crippen LogP contribution in [0.15, 0.2) is 18.2 Å². The third-order valence-corrected chi connectivity index (χ3v) is 2.55. The van der Waals surface area contributed by atoms with Gasteiger partial charge in [-0.1, -0.05) is 0 Å². The highest BCUT2D eigenvalue weighted by molar-refractivity contribution is 5.97. The second-order valence-electron chi connectivity index (χ2n) is 5.65. The maximum Gasteiger partial charge on any atom is 0.416 e. The minimum absolute atomic E-state index is 0. The summed E-state index contributed by atoms with van der Waals surface area (Å²) in [6.07, 6.45) is -4.63. The number of halogens is 4. The van der Waals surface area contributed by atoms with E-state index in [-0.39, 0.29) is 30.2 Å². The minimum atomic E-state index is -4.63. The molecule has 0 atom stereocenters. The van der Waals surface area contributed by atoms with Gasteiger partial charge in [0.05, 0.1) is 5.56 Å². The molecule has 0 radical (unpaired) electrons. The average Bonchev–Trinajstić information content (AvgIpc) is 2.32. The van der Waals surface area contributed by atoms with E-state index >= 15 is 0 Å². The molecule has 0 heterocycles. The summed E-state index contributed by atoms with van der Waals surface area (Å²) in [7, 11) is 0. The summed E-state index contributed by atoms with van der Waals surface area (Å²) in [5.74, 6) is -1.23. The number of benzene rings is 1. The Labute approximate surface area is 138 Å². The Balaban J connectivity index is 0.00000484. The van der Waals surface area contributed by atoms with Gasteiger partial charge in [0.25, 0.3) is 5.91 Å². The summed E-state index contributed by atoms with van der Waals surface area (Å²) >= 11 is 0. The molecule has 0 spiro atoms. The van der Waals surface area contributed by atoms with Crippen LogP contribution in [0.3, 0.4) is 0 Å². The van der Waals surface area contributed by atoms with E-state index < -0.39 is 29.1 Å². The van der Waals surface area contributed by atoms with E-state index in [4.69, 9.17) is 5.73 Å². The van der Waals surface area contributed by atoms with Crippen molar-refractivity contribution >= 4 is 29.9 Å². The van der Waals surface area contributed by atoms with Crippen molar-refractivity contribution in [2.45, 2.75) is 32.5 Å². The van der Waals surface area contributed by atoms with E-state index in [0.717, 1.165) is 19.1 Å². The number of nitrogens with one attached hydrogen (secondary N) is 2. The molecule has 1 rings (SSSR count). The lowest BCUT2D eigenvalue weighted by Crippen LogP contribution is -2.45. The summed E-state index contributed by atoms with van der Waals surface area (Å²) < 4.78 is 38.6. The Kier molecular flexibility index (Phi) is 7.05. The van der Waals surface area contributed by atoms with Gasteiger partial charge in [-0.15, -0.1) is 12.4 Å². The molecule has 4 N–H and O–H groups in total. The van der Waals surface area contributed by atoms with Gasteiger partial charge in [-0.25, -0.2) is 0 Å². The maximum absolute atomic E-state index is 12.9. The van der Waals surface area contributed by atoms with Crippen molar-refractivity contribution < 1.29 is 22.8 Å². The van der Waals surface area contributed by atoms with Crippen LogP contribution in [0.2, 0.25) is 0 Å². The summed E-state index contributed by atoms with van der Waals surface area (Å²) in [5.41, 5.74) is 3.69. The lowest BCUT2D eigenvalue weighted by molar-refractivity contribution is -0.137. The number of hydrogen-bond donors (Lipinski definition) is 3. The van der Waals surface area contributed by atoms with Crippen LogP contribution in [0.1, 0.15) is 36.7 Å². The Morgan fingerprint density at radius 3 is 2.17 bits per heavy atom. The standard InChI is InChI=1S/C14H18F3N3O2.ClH/c1-8(21)20-11-5-9(4-10(6-11)14(15,16)17)12(22)19-7-13(2,3)18;/h4-6H,7,18H2,1-3H3,(H,19,22)(H,20,21);1H. The molecule has 0 aromatic heterocycles. The molecule has 1 aromatic rings. The molecule has 5 nitrogen and oxygen atoms in total. The number of alkyl halides is 3. The van der Waals surface area contributed by atoms with Crippen LogP contribution in [0.4, 0.5) is 18.9 Å². The third kappa shape index (κ3) is 7.34. The fourth-order valence-electron chi connectivity index (χ4n) is 1.61. The zero-order valence-corrected chi connectivity index (χ0v) is 13.7. The highest BCUT2D eigenvalue weighted by Crippen LogP contribution is 2.32. The number of hydrogen-bond acceptors (Lipinski definition) is 3. The molecule has 0 fully saturated rings. The van der Waals surface area contributed by atoms with Crippen molar-refractivity contribution in [3.05, 3.63) is 29.3 Å². The molecule has 0 saturated heterocycles. The highest BCUT2D eigenvalue weighted by Gasteiger charge is 2.32. The van der Waals surface area contributed by atoms with Crippen LogP contribution < -0.4 is 16.4 Å². The molecule has 0 saturated carbocycles. The molecule has 130 valence electrons. The van der Waals surface area contributed by atoms with Crippen LogP contribution in [0.5, 0.6) is 0 Å². The van der Waals surface area contributed by atoms with Crippen molar-refractivity contribution in [3.8, 4) is 0 Å². The molecule has 0 unspecified atom stereocenters. The summed E-state index contributed by atoms with van der Waals surface area (Å²) in [6, 6.07) is 2.67. The van der Waals surface area contributed by atoms with Gasteiger partial charge >= 0.3 is 6.18 Å². The molecule has 2 amide bonds. The van der Waals surface area contributed by atoms with Gasteiger partial charge in [-0.2, -0.15) is 13.2 Å². The predicted octanol–water partition coefficient (Wildman–Crippen LogP) is 2.55. The van der Waals surface area contributed by atoms with Gasteiger partial charge in [-0.05, 0) is 32.0 Å². The van der Waals surface area contributed by atoms with E-state index in [2.05, 4.69) is 10.6 Å². The molecule has 1 aromatic carbocycles. The van der Waals surface area contributed by atoms with Crippen LogP contribution >= 0.6 is 12.4 Å². The summed E-state index contributed by atoms with van der Waals surface area (Å²) in [6.45, 7) is 4.60. The molecule has 0 aliphatic heterocycles. The highest BCUT2D eigenvalue weighted by atomic mass is 35.5. The second kappa shape index (κ2) is 7.65. The number of carbonyl (C=O) groups is 2. The van der Waals surface area contributed by atoms with Gasteiger partial charge in [0.15, 0.2) is 0 Å². The molecule has 23 heavy (non-hydrogen) atoms.